The van der Waals surface area contributed by atoms with E-state index >= 15 is 0 Å². The number of hydrogen-bond donors (Lipinski definition) is 2. The molecule has 6 heteroatoms. The predicted molar refractivity (Wildman–Crippen MR) is 75.9 cm³/mol. The largest absolute Gasteiger partial charge is 0.486 e. The number of thiophene rings is 1. The maximum absolute atomic E-state index is 6.17. The minimum atomic E-state index is -0.150. The van der Waals surface area contributed by atoms with Gasteiger partial charge in [-0.2, -0.15) is 0 Å². The summed E-state index contributed by atoms with van der Waals surface area (Å²) in [6, 6.07) is 7.52. The van der Waals surface area contributed by atoms with Crippen LogP contribution in [-0.2, 0) is 0 Å². The molecule has 2 heterocycles. The van der Waals surface area contributed by atoms with Gasteiger partial charge in [0.05, 0.1) is 11.1 Å². The van der Waals surface area contributed by atoms with E-state index in [1.807, 2.05) is 29.6 Å². The van der Waals surface area contributed by atoms with Gasteiger partial charge in [-0.3, -0.25) is 5.84 Å². The molecule has 1 aliphatic heterocycles. The maximum Gasteiger partial charge on any atom is 0.161 e. The molecule has 1 unspecified atom stereocenters. The van der Waals surface area contributed by atoms with Crippen molar-refractivity contribution in [1.82, 2.24) is 5.43 Å². The first-order chi connectivity index (χ1) is 9.29. The van der Waals surface area contributed by atoms with Crippen LogP contribution in [0.15, 0.2) is 29.6 Å². The lowest BCUT2D eigenvalue weighted by atomic mass is 10.1. The first-order valence-corrected chi connectivity index (χ1v) is 7.14. The Morgan fingerprint density at radius 1 is 1.21 bits per heavy atom. The lowest BCUT2D eigenvalue weighted by molar-refractivity contribution is 0.171. The Hall–Kier alpha value is -1.27. The van der Waals surface area contributed by atoms with Crippen LogP contribution in [0.2, 0.25) is 5.02 Å². The molecule has 0 saturated heterocycles. The summed E-state index contributed by atoms with van der Waals surface area (Å²) < 4.78 is 11.1. The quantitative estimate of drug-likeness (QED) is 0.675. The molecular weight excluding hydrogens is 284 g/mol. The SMILES string of the molecule is NNC(c1ccc2c(c1)OCCO2)c1sccc1Cl. The van der Waals surface area contributed by atoms with E-state index in [4.69, 9.17) is 26.9 Å². The summed E-state index contributed by atoms with van der Waals surface area (Å²) >= 11 is 7.73. The first kappa shape index (κ1) is 12.7. The molecule has 0 amide bonds. The van der Waals surface area contributed by atoms with Crippen molar-refractivity contribution in [3.63, 3.8) is 0 Å². The van der Waals surface area contributed by atoms with E-state index in [-0.39, 0.29) is 6.04 Å². The van der Waals surface area contributed by atoms with Crippen molar-refractivity contribution in [2.45, 2.75) is 6.04 Å². The van der Waals surface area contributed by atoms with Gasteiger partial charge in [0.2, 0.25) is 0 Å². The molecule has 0 fully saturated rings. The van der Waals surface area contributed by atoms with Crippen molar-refractivity contribution >= 4 is 22.9 Å². The highest BCUT2D eigenvalue weighted by Gasteiger charge is 2.20. The number of ether oxygens (including phenoxy) is 2. The van der Waals surface area contributed by atoms with E-state index in [1.165, 1.54) is 0 Å². The van der Waals surface area contributed by atoms with Crippen LogP contribution in [0.4, 0.5) is 0 Å². The van der Waals surface area contributed by atoms with Gasteiger partial charge in [-0.05, 0) is 29.1 Å². The van der Waals surface area contributed by atoms with Crippen LogP contribution < -0.4 is 20.7 Å². The average Bonchev–Trinajstić information content (AvgIpc) is 2.86. The molecule has 0 aliphatic carbocycles. The topological polar surface area (TPSA) is 56.5 Å². The molecule has 100 valence electrons. The van der Waals surface area contributed by atoms with Gasteiger partial charge in [0.25, 0.3) is 0 Å². The molecule has 0 spiro atoms. The molecule has 1 atom stereocenters. The molecule has 2 aromatic rings. The average molecular weight is 297 g/mol. The third-order valence-electron chi connectivity index (χ3n) is 2.97. The molecule has 0 saturated carbocycles. The predicted octanol–water partition coefficient (Wildman–Crippen LogP) is 2.73. The minimum absolute atomic E-state index is 0.150. The molecule has 0 bridgehead atoms. The van der Waals surface area contributed by atoms with Gasteiger partial charge in [-0.1, -0.05) is 17.7 Å². The number of fused-ring (bicyclic) bond motifs is 1. The fourth-order valence-electron chi connectivity index (χ4n) is 2.07. The Balaban J connectivity index is 1.98. The number of hydrogen-bond acceptors (Lipinski definition) is 5. The summed E-state index contributed by atoms with van der Waals surface area (Å²) in [7, 11) is 0. The van der Waals surface area contributed by atoms with Crippen molar-refractivity contribution in [3.05, 3.63) is 45.1 Å². The second kappa shape index (κ2) is 5.38. The Labute approximate surface area is 120 Å². The first-order valence-electron chi connectivity index (χ1n) is 5.88. The van der Waals surface area contributed by atoms with Gasteiger partial charge in [-0.15, -0.1) is 11.3 Å². The van der Waals surface area contributed by atoms with Crippen molar-refractivity contribution in [3.8, 4) is 11.5 Å². The summed E-state index contributed by atoms with van der Waals surface area (Å²) in [5, 5.41) is 2.66. The lowest BCUT2D eigenvalue weighted by Crippen LogP contribution is -2.28. The van der Waals surface area contributed by atoms with E-state index in [0.29, 0.717) is 18.2 Å². The van der Waals surface area contributed by atoms with E-state index < -0.39 is 0 Å². The number of benzene rings is 1. The van der Waals surface area contributed by atoms with Crippen molar-refractivity contribution in [2.24, 2.45) is 5.84 Å². The molecule has 1 aliphatic rings. The smallest absolute Gasteiger partial charge is 0.161 e. The van der Waals surface area contributed by atoms with Crippen LogP contribution in [0.1, 0.15) is 16.5 Å². The highest BCUT2D eigenvalue weighted by molar-refractivity contribution is 7.10. The second-order valence-electron chi connectivity index (χ2n) is 4.14. The highest BCUT2D eigenvalue weighted by atomic mass is 35.5. The fraction of sp³-hybridized carbons (Fsp3) is 0.231. The second-order valence-corrected chi connectivity index (χ2v) is 5.49. The molecule has 4 nitrogen and oxygen atoms in total. The summed E-state index contributed by atoms with van der Waals surface area (Å²) in [6.45, 7) is 1.15. The van der Waals surface area contributed by atoms with Crippen LogP contribution in [0, 0.1) is 0 Å². The van der Waals surface area contributed by atoms with Crippen LogP contribution in [-0.4, -0.2) is 13.2 Å². The lowest BCUT2D eigenvalue weighted by Gasteiger charge is -2.21. The molecule has 3 rings (SSSR count). The van der Waals surface area contributed by atoms with Crippen LogP contribution >= 0.6 is 22.9 Å². The number of hydrazine groups is 1. The zero-order chi connectivity index (χ0) is 13.2. The Bertz CT molecular complexity index is 588. The van der Waals surface area contributed by atoms with Gasteiger partial charge in [0.1, 0.15) is 13.2 Å². The number of halogens is 1. The van der Waals surface area contributed by atoms with Gasteiger partial charge in [0, 0.05) is 4.88 Å². The van der Waals surface area contributed by atoms with Crippen molar-refractivity contribution in [1.29, 1.82) is 0 Å². The van der Waals surface area contributed by atoms with E-state index in [2.05, 4.69) is 5.43 Å². The number of nitrogens with one attached hydrogen (secondary N) is 1. The number of nitrogens with two attached hydrogens (primary N) is 1. The Morgan fingerprint density at radius 2 is 2.00 bits per heavy atom. The van der Waals surface area contributed by atoms with Crippen LogP contribution in [0.5, 0.6) is 11.5 Å². The van der Waals surface area contributed by atoms with Gasteiger partial charge in [-0.25, -0.2) is 5.43 Å². The molecule has 3 N–H and O–H groups in total. The van der Waals surface area contributed by atoms with Gasteiger partial charge < -0.3 is 9.47 Å². The zero-order valence-electron chi connectivity index (χ0n) is 10.1. The molecule has 1 aromatic carbocycles. The third-order valence-corrected chi connectivity index (χ3v) is 4.40. The number of rotatable bonds is 3. The van der Waals surface area contributed by atoms with Crippen LogP contribution in [0.25, 0.3) is 0 Å². The Morgan fingerprint density at radius 3 is 2.68 bits per heavy atom. The highest BCUT2D eigenvalue weighted by Crippen LogP contribution is 2.37. The van der Waals surface area contributed by atoms with E-state index in [9.17, 15) is 0 Å². The molecule has 0 radical (unpaired) electrons. The van der Waals surface area contributed by atoms with Crippen LogP contribution in [0.3, 0.4) is 0 Å². The molecule has 19 heavy (non-hydrogen) atoms. The zero-order valence-corrected chi connectivity index (χ0v) is 11.6. The Kier molecular flexibility index (Phi) is 3.61. The summed E-state index contributed by atoms with van der Waals surface area (Å²) in [6.07, 6.45) is 0. The normalized spacial score (nSPS) is 15.3. The van der Waals surface area contributed by atoms with Crippen molar-refractivity contribution in [2.75, 3.05) is 13.2 Å². The van der Waals surface area contributed by atoms with Crippen molar-refractivity contribution < 1.29 is 9.47 Å². The third kappa shape index (κ3) is 2.42. The molecular formula is C13H13ClN2O2S. The fourth-order valence-corrected chi connectivity index (χ4v) is 3.33. The van der Waals surface area contributed by atoms with Gasteiger partial charge >= 0.3 is 0 Å². The van der Waals surface area contributed by atoms with E-state index in [1.54, 1.807) is 11.3 Å². The standard InChI is InChI=1S/C13H13ClN2O2S/c14-9-3-6-19-13(9)12(16-15)8-1-2-10-11(7-8)18-5-4-17-10/h1-3,6-7,12,16H,4-5,15H2. The minimum Gasteiger partial charge on any atom is -0.486 e. The summed E-state index contributed by atoms with van der Waals surface area (Å²) in [5.74, 6) is 7.18. The summed E-state index contributed by atoms with van der Waals surface area (Å²) in [4.78, 5) is 0.987. The molecule has 1 aromatic heterocycles. The van der Waals surface area contributed by atoms with Gasteiger partial charge in [0.15, 0.2) is 11.5 Å². The maximum atomic E-state index is 6.17. The monoisotopic (exact) mass is 296 g/mol. The van der Waals surface area contributed by atoms with E-state index in [0.717, 1.165) is 21.9 Å². The summed E-state index contributed by atoms with van der Waals surface area (Å²) in [5.41, 5.74) is 3.79.